The molecule has 15 heavy (non-hydrogen) atoms. The Morgan fingerprint density at radius 2 is 1.33 bits per heavy atom. The van der Waals surface area contributed by atoms with Crippen LogP contribution in [0.2, 0.25) is 0 Å². The van der Waals surface area contributed by atoms with E-state index in [9.17, 15) is 13.2 Å². The fourth-order valence-electron chi connectivity index (χ4n) is 1.31. The summed E-state index contributed by atoms with van der Waals surface area (Å²) in [6.45, 7) is 6.07. The molecule has 0 aliphatic rings. The highest BCUT2D eigenvalue weighted by molar-refractivity contribution is 5.29. The largest absolute Gasteiger partial charge is 0.416 e. The van der Waals surface area contributed by atoms with Crippen LogP contribution in [0.15, 0.2) is 24.3 Å². The number of halogens is 3. The van der Waals surface area contributed by atoms with E-state index in [0.717, 1.165) is 24.1 Å². The van der Waals surface area contributed by atoms with Crippen molar-refractivity contribution in [3.8, 4) is 0 Å². The average molecular weight is 216 g/mol. The Morgan fingerprint density at radius 3 is 1.67 bits per heavy atom. The molecule has 0 unspecified atom stereocenters. The summed E-state index contributed by atoms with van der Waals surface area (Å²) in [6.07, 6.45) is -3.34. The molecule has 0 nitrogen and oxygen atoms in total. The highest BCUT2D eigenvalue weighted by Crippen LogP contribution is 2.32. The second-order valence-corrected chi connectivity index (χ2v) is 4.31. The molecule has 0 fully saturated rings. The van der Waals surface area contributed by atoms with Gasteiger partial charge in [-0.1, -0.05) is 32.9 Å². The molecule has 0 aliphatic heterocycles. The Labute approximate surface area is 88.1 Å². The fourth-order valence-corrected chi connectivity index (χ4v) is 1.31. The molecule has 0 saturated heterocycles. The zero-order valence-corrected chi connectivity index (χ0v) is 9.15. The van der Waals surface area contributed by atoms with Crippen LogP contribution in [0.1, 0.15) is 38.3 Å². The molecule has 0 heterocycles. The molecule has 0 saturated carbocycles. The maximum absolute atomic E-state index is 12.3. The van der Waals surface area contributed by atoms with Crippen molar-refractivity contribution in [1.29, 1.82) is 0 Å². The molecule has 0 amide bonds. The molecule has 0 radical (unpaired) electrons. The number of rotatable bonds is 2. The minimum absolute atomic E-state index is 0.0653. The first-order chi connectivity index (χ1) is 6.77. The number of benzene rings is 1. The quantitative estimate of drug-likeness (QED) is 0.687. The van der Waals surface area contributed by atoms with Gasteiger partial charge in [0.1, 0.15) is 0 Å². The molecule has 1 aromatic rings. The molecule has 1 aromatic carbocycles. The zero-order valence-electron chi connectivity index (χ0n) is 9.15. The Bertz CT molecular complexity index is 320. The van der Waals surface area contributed by atoms with E-state index in [4.69, 9.17) is 0 Å². The summed E-state index contributed by atoms with van der Waals surface area (Å²) >= 11 is 0. The van der Waals surface area contributed by atoms with Gasteiger partial charge in [0.15, 0.2) is 0 Å². The van der Waals surface area contributed by atoms with Crippen LogP contribution in [0.4, 0.5) is 13.2 Å². The molecule has 0 aliphatic carbocycles. The van der Waals surface area contributed by atoms with Gasteiger partial charge < -0.3 is 0 Å². The highest BCUT2D eigenvalue weighted by Gasteiger charge is 2.30. The molecule has 1 rings (SSSR count). The Hall–Kier alpha value is -0.990. The normalized spacial score (nSPS) is 12.9. The van der Waals surface area contributed by atoms with E-state index in [0.29, 0.717) is 0 Å². The highest BCUT2D eigenvalue weighted by atomic mass is 19.4. The lowest BCUT2D eigenvalue weighted by Crippen LogP contribution is -2.15. The first kappa shape index (κ1) is 12.1. The van der Waals surface area contributed by atoms with E-state index in [2.05, 4.69) is 0 Å². The zero-order chi connectivity index (χ0) is 11.7. The van der Waals surface area contributed by atoms with Crippen molar-refractivity contribution in [3.63, 3.8) is 0 Å². The van der Waals surface area contributed by atoms with E-state index in [1.807, 2.05) is 20.8 Å². The Kier molecular flexibility index (Phi) is 3.12. The molecule has 0 bridgehead atoms. The maximum Gasteiger partial charge on any atom is 0.416 e. The van der Waals surface area contributed by atoms with E-state index >= 15 is 0 Å². The SMILES string of the molecule is CCC(C)(C)c1ccc(C(F)(F)F)cc1. The molecule has 84 valence electrons. The summed E-state index contributed by atoms with van der Waals surface area (Å²) < 4.78 is 36.9. The first-order valence-electron chi connectivity index (χ1n) is 4.95. The van der Waals surface area contributed by atoms with E-state index in [1.165, 1.54) is 0 Å². The predicted octanol–water partition coefficient (Wildman–Crippen LogP) is 4.39. The topological polar surface area (TPSA) is 0 Å². The van der Waals surface area contributed by atoms with E-state index in [1.54, 1.807) is 12.1 Å². The van der Waals surface area contributed by atoms with Gasteiger partial charge in [-0.3, -0.25) is 0 Å². The minimum Gasteiger partial charge on any atom is -0.166 e. The number of hydrogen-bond donors (Lipinski definition) is 0. The second kappa shape index (κ2) is 3.87. The molecular formula is C12H15F3. The van der Waals surface area contributed by atoms with Gasteiger partial charge in [-0.05, 0) is 29.5 Å². The van der Waals surface area contributed by atoms with Crippen molar-refractivity contribution >= 4 is 0 Å². The van der Waals surface area contributed by atoms with Crippen LogP contribution in [0.25, 0.3) is 0 Å². The van der Waals surface area contributed by atoms with Crippen LogP contribution in [0.5, 0.6) is 0 Å². The third-order valence-electron chi connectivity index (χ3n) is 2.88. The molecule has 0 aromatic heterocycles. The Morgan fingerprint density at radius 1 is 0.933 bits per heavy atom. The lowest BCUT2D eigenvalue weighted by atomic mass is 9.82. The van der Waals surface area contributed by atoms with Crippen molar-refractivity contribution in [1.82, 2.24) is 0 Å². The van der Waals surface area contributed by atoms with Crippen LogP contribution >= 0.6 is 0 Å². The Balaban J connectivity index is 3.01. The maximum atomic E-state index is 12.3. The lowest BCUT2D eigenvalue weighted by molar-refractivity contribution is -0.137. The van der Waals surface area contributed by atoms with Crippen LogP contribution < -0.4 is 0 Å². The van der Waals surface area contributed by atoms with Gasteiger partial charge in [-0.15, -0.1) is 0 Å². The van der Waals surface area contributed by atoms with Crippen LogP contribution in [0.3, 0.4) is 0 Å². The van der Waals surface area contributed by atoms with Crippen molar-refractivity contribution in [2.45, 2.75) is 38.8 Å². The van der Waals surface area contributed by atoms with Gasteiger partial charge in [0.05, 0.1) is 5.56 Å². The molecule has 0 spiro atoms. The monoisotopic (exact) mass is 216 g/mol. The van der Waals surface area contributed by atoms with Gasteiger partial charge in [0, 0.05) is 0 Å². The van der Waals surface area contributed by atoms with E-state index < -0.39 is 11.7 Å². The first-order valence-corrected chi connectivity index (χ1v) is 4.95. The number of alkyl halides is 3. The second-order valence-electron chi connectivity index (χ2n) is 4.31. The summed E-state index contributed by atoms with van der Waals surface area (Å²) in [5, 5.41) is 0. The summed E-state index contributed by atoms with van der Waals surface area (Å²) in [4.78, 5) is 0. The van der Waals surface area contributed by atoms with Crippen molar-refractivity contribution in [2.75, 3.05) is 0 Å². The average Bonchev–Trinajstić information content (AvgIpc) is 2.17. The standard InChI is InChI=1S/C12H15F3/c1-4-11(2,3)9-5-7-10(8-6-9)12(13,14)15/h5-8H,4H2,1-3H3. The van der Waals surface area contributed by atoms with Gasteiger partial charge in [-0.2, -0.15) is 13.2 Å². The minimum atomic E-state index is -4.24. The molecule has 0 N–H and O–H groups in total. The van der Waals surface area contributed by atoms with Crippen LogP contribution in [-0.4, -0.2) is 0 Å². The van der Waals surface area contributed by atoms with Gasteiger partial charge in [0.25, 0.3) is 0 Å². The van der Waals surface area contributed by atoms with Crippen molar-refractivity contribution < 1.29 is 13.2 Å². The summed E-state index contributed by atoms with van der Waals surface area (Å²) in [5.41, 5.74) is 0.292. The molecule has 0 atom stereocenters. The third kappa shape index (κ3) is 2.74. The third-order valence-corrected chi connectivity index (χ3v) is 2.88. The predicted molar refractivity (Wildman–Crippen MR) is 54.8 cm³/mol. The van der Waals surface area contributed by atoms with Gasteiger partial charge >= 0.3 is 6.18 Å². The summed E-state index contributed by atoms with van der Waals surface area (Å²) in [6, 6.07) is 5.41. The smallest absolute Gasteiger partial charge is 0.166 e. The van der Waals surface area contributed by atoms with Crippen molar-refractivity contribution in [3.05, 3.63) is 35.4 Å². The van der Waals surface area contributed by atoms with E-state index in [-0.39, 0.29) is 5.41 Å². The molecular weight excluding hydrogens is 201 g/mol. The summed E-state index contributed by atoms with van der Waals surface area (Å²) in [5.74, 6) is 0. The van der Waals surface area contributed by atoms with Gasteiger partial charge in [0.2, 0.25) is 0 Å². The summed E-state index contributed by atoms with van der Waals surface area (Å²) in [7, 11) is 0. The molecule has 3 heteroatoms. The lowest BCUT2D eigenvalue weighted by Gasteiger charge is -2.23. The van der Waals surface area contributed by atoms with Crippen LogP contribution in [0, 0.1) is 0 Å². The number of hydrogen-bond acceptors (Lipinski definition) is 0. The van der Waals surface area contributed by atoms with Crippen LogP contribution in [-0.2, 0) is 11.6 Å². The van der Waals surface area contributed by atoms with Gasteiger partial charge in [-0.25, -0.2) is 0 Å². The van der Waals surface area contributed by atoms with Crippen molar-refractivity contribution in [2.24, 2.45) is 0 Å². The fraction of sp³-hybridized carbons (Fsp3) is 0.500.